The largest absolute Gasteiger partial charge is 0.339 e. The number of aryl methyl sites for hydroxylation is 1. The highest BCUT2D eigenvalue weighted by Crippen LogP contribution is 2.22. The average Bonchev–Trinajstić information content (AvgIpc) is 3.43. The van der Waals surface area contributed by atoms with E-state index in [1.807, 2.05) is 18.2 Å². The van der Waals surface area contributed by atoms with Crippen LogP contribution in [0.1, 0.15) is 28.3 Å². The molecule has 4 aromatic rings. The molecule has 9 heteroatoms. The average molecular weight is 416 g/mol. The standard InChI is InChI=1S/C21H16N6O2S/c22-11-15-5-3-14(4-6-15)10-17-13-24-21(30-17)25-18(28)7-8-19-26-20(27-29-19)16-2-1-9-23-12-16/h1-6,9,12-13H,7-8,10H2,(H,24,25,28). The van der Waals surface area contributed by atoms with Gasteiger partial charge in [0, 0.05) is 48.3 Å². The van der Waals surface area contributed by atoms with Crippen molar-refractivity contribution in [1.82, 2.24) is 20.1 Å². The third-order valence-corrected chi connectivity index (χ3v) is 5.13. The molecule has 0 bridgehead atoms. The van der Waals surface area contributed by atoms with Gasteiger partial charge in [-0.05, 0) is 29.8 Å². The maximum atomic E-state index is 12.2. The molecule has 0 atom stereocenters. The van der Waals surface area contributed by atoms with Crippen molar-refractivity contribution in [3.8, 4) is 17.5 Å². The molecule has 1 amide bonds. The molecule has 0 radical (unpaired) electrons. The predicted octanol–water partition coefficient (Wildman–Crippen LogP) is 3.62. The van der Waals surface area contributed by atoms with Gasteiger partial charge in [-0.3, -0.25) is 9.78 Å². The van der Waals surface area contributed by atoms with E-state index in [2.05, 4.69) is 31.5 Å². The van der Waals surface area contributed by atoms with Gasteiger partial charge in [0.2, 0.25) is 17.6 Å². The van der Waals surface area contributed by atoms with Gasteiger partial charge in [0.25, 0.3) is 0 Å². The monoisotopic (exact) mass is 416 g/mol. The zero-order chi connectivity index (χ0) is 20.8. The van der Waals surface area contributed by atoms with Crippen molar-refractivity contribution in [2.75, 3.05) is 5.32 Å². The predicted molar refractivity (Wildman–Crippen MR) is 111 cm³/mol. The lowest BCUT2D eigenvalue weighted by atomic mass is 10.1. The normalized spacial score (nSPS) is 10.5. The van der Waals surface area contributed by atoms with Gasteiger partial charge in [-0.2, -0.15) is 10.2 Å². The molecular weight excluding hydrogens is 400 g/mol. The summed E-state index contributed by atoms with van der Waals surface area (Å²) in [4.78, 5) is 25.8. The van der Waals surface area contributed by atoms with Crippen molar-refractivity contribution in [3.63, 3.8) is 0 Å². The number of carbonyl (C=O) groups is 1. The van der Waals surface area contributed by atoms with Crippen molar-refractivity contribution in [1.29, 1.82) is 5.26 Å². The van der Waals surface area contributed by atoms with Crippen LogP contribution in [0.5, 0.6) is 0 Å². The minimum absolute atomic E-state index is 0.171. The van der Waals surface area contributed by atoms with Crippen LogP contribution in [0.3, 0.4) is 0 Å². The number of amides is 1. The second-order valence-electron chi connectivity index (χ2n) is 6.42. The number of nitrogens with one attached hydrogen (secondary N) is 1. The van der Waals surface area contributed by atoms with Crippen LogP contribution >= 0.6 is 11.3 Å². The fourth-order valence-corrected chi connectivity index (χ4v) is 3.58. The first kappa shape index (κ1) is 19.4. The van der Waals surface area contributed by atoms with Gasteiger partial charge in [-0.15, -0.1) is 11.3 Å². The third-order valence-electron chi connectivity index (χ3n) is 4.22. The zero-order valence-corrected chi connectivity index (χ0v) is 16.6. The Bertz CT molecular complexity index is 1180. The molecule has 0 saturated heterocycles. The number of nitrogens with zero attached hydrogens (tertiary/aromatic N) is 5. The fourth-order valence-electron chi connectivity index (χ4n) is 2.72. The van der Waals surface area contributed by atoms with Crippen LogP contribution in [0.2, 0.25) is 0 Å². The van der Waals surface area contributed by atoms with Crippen LogP contribution in [-0.4, -0.2) is 26.0 Å². The topological polar surface area (TPSA) is 118 Å². The molecule has 148 valence electrons. The number of nitriles is 1. The summed E-state index contributed by atoms with van der Waals surface area (Å²) in [5.74, 6) is 0.672. The molecule has 3 heterocycles. The molecule has 0 fully saturated rings. The van der Waals surface area contributed by atoms with E-state index in [0.717, 1.165) is 16.0 Å². The maximum Gasteiger partial charge on any atom is 0.227 e. The summed E-state index contributed by atoms with van der Waals surface area (Å²) >= 11 is 1.42. The molecule has 30 heavy (non-hydrogen) atoms. The first-order valence-corrected chi connectivity index (χ1v) is 9.98. The molecule has 1 aromatic carbocycles. The molecular formula is C21H16N6O2S. The van der Waals surface area contributed by atoms with Gasteiger partial charge in [-0.25, -0.2) is 4.98 Å². The van der Waals surface area contributed by atoms with E-state index in [-0.39, 0.29) is 12.3 Å². The van der Waals surface area contributed by atoms with Crippen molar-refractivity contribution in [3.05, 3.63) is 76.9 Å². The second kappa shape index (κ2) is 9.07. The van der Waals surface area contributed by atoms with E-state index in [9.17, 15) is 4.79 Å². The van der Waals surface area contributed by atoms with E-state index < -0.39 is 0 Å². The molecule has 0 unspecified atom stereocenters. The Morgan fingerprint density at radius 2 is 2.07 bits per heavy atom. The van der Waals surface area contributed by atoms with Crippen LogP contribution in [0.15, 0.2) is 59.5 Å². The zero-order valence-electron chi connectivity index (χ0n) is 15.8. The van der Waals surface area contributed by atoms with Crippen LogP contribution in [0.4, 0.5) is 5.13 Å². The highest BCUT2D eigenvalue weighted by atomic mass is 32.1. The Balaban J connectivity index is 1.28. The summed E-state index contributed by atoms with van der Waals surface area (Å²) in [7, 11) is 0. The van der Waals surface area contributed by atoms with Crippen molar-refractivity contribution in [2.24, 2.45) is 0 Å². The Morgan fingerprint density at radius 1 is 1.20 bits per heavy atom. The minimum Gasteiger partial charge on any atom is -0.339 e. The summed E-state index contributed by atoms with van der Waals surface area (Å²) in [5.41, 5.74) is 2.47. The van der Waals surface area contributed by atoms with E-state index in [0.29, 0.717) is 35.3 Å². The number of aromatic nitrogens is 4. The number of anilines is 1. The number of hydrogen-bond acceptors (Lipinski definition) is 8. The molecule has 0 aliphatic rings. The maximum absolute atomic E-state index is 12.2. The summed E-state index contributed by atoms with van der Waals surface area (Å²) in [5, 5.41) is 16.1. The van der Waals surface area contributed by atoms with Gasteiger partial charge >= 0.3 is 0 Å². The molecule has 1 N–H and O–H groups in total. The van der Waals surface area contributed by atoms with Crippen LogP contribution in [0.25, 0.3) is 11.4 Å². The molecule has 3 aromatic heterocycles. The number of rotatable bonds is 7. The van der Waals surface area contributed by atoms with Gasteiger partial charge in [-0.1, -0.05) is 17.3 Å². The van der Waals surface area contributed by atoms with E-state index >= 15 is 0 Å². The van der Waals surface area contributed by atoms with Gasteiger partial charge in [0.05, 0.1) is 11.6 Å². The first-order chi connectivity index (χ1) is 14.7. The Hall–Kier alpha value is -3.90. The quantitative estimate of drug-likeness (QED) is 0.489. The molecule has 4 rings (SSSR count). The lowest BCUT2D eigenvalue weighted by Crippen LogP contribution is -2.12. The first-order valence-electron chi connectivity index (χ1n) is 9.16. The Kier molecular flexibility index (Phi) is 5.87. The number of hydrogen-bond donors (Lipinski definition) is 1. The molecule has 0 aliphatic carbocycles. The third kappa shape index (κ3) is 4.92. The van der Waals surface area contributed by atoms with Crippen LogP contribution in [-0.2, 0) is 17.6 Å². The second-order valence-corrected chi connectivity index (χ2v) is 7.53. The minimum atomic E-state index is -0.171. The van der Waals surface area contributed by atoms with E-state index in [1.54, 1.807) is 36.8 Å². The molecule has 0 aliphatic heterocycles. The number of benzene rings is 1. The van der Waals surface area contributed by atoms with Gasteiger partial charge in [0.15, 0.2) is 5.13 Å². The van der Waals surface area contributed by atoms with Gasteiger partial charge < -0.3 is 9.84 Å². The number of pyridine rings is 1. The summed E-state index contributed by atoms with van der Waals surface area (Å²) in [6, 6.07) is 13.1. The highest BCUT2D eigenvalue weighted by molar-refractivity contribution is 7.15. The van der Waals surface area contributed by atoms with Crippen LogP contribution in [0, 0.1) is 11.3 Å². The van der Waals surface area contributed by atoms with Crippen LogP contribution < -0.4 is 5.32 Å². The lowest BCUT2D eigenvalue weighted by Gasteiger charge is -1.99. The number of thiazole rings is 1. The van der Waals surface area contributed by atoms with Crippen molar-refractivity contribution in [2.45, 2.75) is 19.3 Å². The number of carbonyl (C=O) groups excluding carboxylic acids is 1. The SMILES string of the molecule is N#Cc1ccc(Cc2cnc(NC(=O)CCc3nc(-c4cccnc4)no3)s2)cc1. The fraction of sp³-hybridized carbons (Fsp3) is 0.143. The molecule has 8 nitrogen and oxygen atoms in total. The van der Waals surface area contributed by atoms with Crippen molar-refractivity contribution >= 4 is 22.4 Å². The molecule has 0 spiro atoms. The summed E-state index contributed by atoms with van der Waals surface area (Å²) in [6.07, 6.45) is 6.30. The smallest absolute Gasteiger partial charge is 0.227 e. The lowest BCUT2D eigenvalue weighted by molar-refractivity contribution is -0.116. The summed E-state index contributed by atoms with van der Waals surface area (Å²) < 4.78 is 5.20. The summed E-state index contributed by atoms with van der Waals surface area (Å²) in [6.45, 7) is 0. The Morgan fingerprint density at radius 3 is 2.83 bits per heavy atom. The Labute approximate surface area is 176 Å². The molecule has 0 saturated carbocycles. The van der Waals surface area contributed by atoms with E-state index in [1.165, 1.54) is 11.3 Å². The highest BCUT2D eigenvalue weighted by Gasteiger charge is 2.12. The van der Waals surface area contributed by atoms with Gasteiger partial charge in [0.1, 0.15) is 0 Å². The van der Waals surface area contributed by atoms with E-state index in [4.69, 9.17) is 9.78 Å². The van der Waals surface area contributed by atoms with Crippen molar-refractivity contribution < 1.29 is 9.32 Å².